The number of hydrogen-bond donors (Lipinski definition) is 3. The van der Waals surface area contributed by atoms with Crippen LogP contribution >= 0.6 is 0 Å². The molecule has 136 valence electrons. The second-order valence-corrected chi connectivity index (χ2v) is 6.20. The van der Waals surface area contributed by atoms with E-state index in [0.717, 1.165) is 43.5 Å². The van der Waals surface area contributed by atoms with Crippen molar-refractivity contribution in [1.29, 1.82) is 0 Å². The van der Waals surface area contributed by atoms with E-state index in [2.05, 4.69) is 67.4 Å². The number of nitrogens with one attached hydrogen (secondary N) is 3. The van der Waals surface area contributed by atoms with Gasteiger partial charge in [-0.15, -0.1) is 0 Å². The van der Waals surface area contributed by atoms with Gasteiger partial charge < -0.3 is 16.0 Å². The molecule has 0 bridgehead atoms. The first-order valence-corrected chi connectivity index (χ1v) is 8.97. The van der Waals surface area contributed by atoms with E-state index in [4.69, 9.17) is 0 Å². The van der Waals surface area contributed by atoms with Crippen molar-refractivity contribution in [1.82, 2.24) is 10.6 Å². The molecule has 0 aliphatic heterocycles. The molecule has 0 amide bonds. The molecule has 0 fully saturated rings. The Morgan fingerprint density at radius 3 is 2.44 bits per heavy atom. The summed E-state index contributed by atoms with van der Waals surface area (Å²) in [5.41, 5.74) is 6.86. The van der Waals surface area contributed by atoms with Crippen molar-refractivity contribution in [2.45, 2.75) is 39.0 Å². The molecule has 0 spiro atoms. The molecule has 3 N–H and O–H groups in total. The van der Waals surface area contributed by atoms with Crippen LogP contribution < -0.4 is 16.0 Å². The standard InChI is InChI=1S/C22H33N3/c1-7-20-13-14-21(22(15-20)23-6)17(3)11-9-10-12-18(4)25-16-19(5)24-8-2/h8,13-15,23-25H,2-5,7,9-12,16H2,1,6H3. The molecule has 0 radical (unpaired) electrons. The first kappa shape index (κ1) is 20.6. The molecular formula is C22H33N3. The lowest BCUT2D eigenvalue weighted by molar-refractivity contribution is 0.697. The highest BCUT2D eigenvalue weighted by atomic mass is 14.9. The Morgan fingerprint density at radius 2 is 1.80 bits per heavy atom. The first-order valence-electron chi connectivity index (χ1n) is 8.97. The van der Waals surface area contributed by atoms with Crippen LogP contribution in [0.2, 0.25) is 0 Å². The molecule has 0 aliphatic rings. The molecule has 1 aromatic rings. The number of aryl methyl sites for hydroxylation is 1. The molecule has 0 aliphatic carbocycles. The van der Waals surface area contributed by atoms with Gasteiger partial charge in [0.05, 0.1) is 6.54 Å². The summed E-state index contributed by atoms with van der Waals surface area (Å²) >= 11 is 0. The smallest absolute Gasteiger partial charge is 0.0541 e. The van der Waals surface area contributed by atoms with E-state index in [1.807, 2.05) is 7.05 Å². The van der Waals surface area contributed by atoms with E-state index in [1.165, 1.54) is 22.4 Å². The Balaban J connectivity index is 2.36. The van der Waals surface area contributed by atoms with Gasteiger partial charge in [-0.25, -0.2) is 0 Å². The Labute approximate surface area is 153 Å². The molecule has 0 heterocycles. The van der Waals surface area contributed by atoms with Crippen molar-refractivity contribution in [2.24, 2.45) is 0 Å². The summed E-state index contributed by atoms with van der Waals surface area (Å²) in [6, 6.07) is 6.60. The zero-order chi connectivity index (χ0) is 18.7. The zero-order valence-corrected chi connectivity index (χ0v) is 15.9. The van der Waals surface area contributed by atoms with Gasteiger partial charge in [0.25, 0.3) is 0 Å². The summed E-state index contributed by atoms with van der Waals surface area (Å²) in [7, 11) is 1.97. The summed E-state index contributed by atoms with van der Waals surface area (Å²) in [4.78, 5) is 0. The van der Waals surface area contributed by atoms with E-state index in [-0.39, 0.29) is 0 Å². The monoisotopic (exact) mass is 339 g/mol. The predicted octanol–water partition coefficient (Wildman–Crippen LogP) is 5.21. The minimum Gasteiger partial charge on any atom is -0.388 e. The number of hydrogen-bond acceptors (Lipinski definition) is 3. The van der Waals surface area contributed by atoms with E-state index < -0.39 is 0 Å². The van der Waals surface area contributed by atoms with Gasteiger partial charge in [0.1, 0.15) is 0 Å². The van der Waals surface area contributed by atoms with Gasteiger partial charge in [-0.2, -0.15) is 0 Å². The fourth-order valence-corrected chi connectivity index (χ4v) is 2.65. The molecule has 3 heteroatoms. The van der Waals surface area contributed by atoms with Crippen LogP contribution in [0, 0.1) is 0 Å². The van der Waals surface area contributed by atoms with Crippen molar-refractivity contribution >= 4 is 11.3 Å². The van der Waals surface area contributed by atoms with Crippen LogP contribution in [0.4, 0.5) is 5.69 Å². The van der Waals surface area contributed by atoms with Crippen LogP contribution in [-0.2, 0) is 6.42 Å². The van der Waals surface area contributed by atoms with E-state index in [1.54, 1.807) is 6.20 Å². The van der Waals surface area contributed by atoms with Crippen molar-refractivity contribution in [3.8, 4) is 0 Å². The second kappa shape index (κ2) is 11.2. The minimum absolute atomic E-state index is 0.673. The van der Waals surface area contributed by atoms with E-state index >= 15 is 0 Å². The third-order valence-corrected chi connectivity index (χ3v) is 4.21. The number of anilines is 1. The maximum absolute atomic E-state index is 4.28. The van der Waals surface area contributed by atoms with Crippen LogP contribution in [0.1, 0.15) is 43.7 Å². The van der Waals surface area contributed by atoms with E-state index in [9.17, 15) is 0 Å². The SMILES string of the molecule is C=CNC(=C)CNC(=C)CCCCC(=C)c1ccc(CC)cc1NC. The lowest BCUT2D eigenvalue weighted by Crippen LogP contribution is -2.20. The summed E-state index contributed by atoms with van der Waals surface area (Å²) in [6.45, 7) is 18.7. The molecule has 0 unspecified atom stereocenters. The minimum atomic E-state index is 0.673. The van der Waals surface area contributed by atoms with E-state index in [0.29, 0.717) is 6.54 Å². The van der Waals surface area contributed by atoms with Gasteiger partial charge in [0, 0.05) is 29.7 Å². The molecule has 1 rings (SSSR count). The van der Waals surface area contributed by atoms with Gasteiger partial charge in [-0.05, 0) is 55.5 Å². The summed E-state index contributed by atoms with van der Waals surface area (Å²) in [5.74, 6) is 0. The van der Waals surface area contributed by atoms with Crippen LogP contribution in [0.3, 0.4) is 0 Å². The Morgan fingerprint density at radius 1 is 1.08 bits per heavy atom. The third-order valence-electron chi connectivity index (χ3n) is 4.21. The third kappa shape index (κ3) is 7.34. The molecule has 0 atom stereocenters. The number of rotatable bonds is 13. The molecule has 25 heavy (non-hydrogen) atoms. The zero-order valence-electron chi connectivity index (χ0n) is 15.9. The normalized spacial score (nSPS) is 10.0. The highest BCUT2D eigenvalue weighted by Gasteiger charge is 2.06. The molecule has 3 nitrogen and oxygen atoms in total. The highest BCUT2D eigenvalue weighted by molar-refractivity contribution is 5.75. The molecule has 0 saturated heterocycles. The molecule has 0 saturated carbocycles. The van der Waals surface area contributed by atoms with Gasteiger partial charge in [-0.1, -0.05) is 45.4 Å². The topological polar surface area (TPSA) is 36.1 Å². The van der Waals surface area contributed by atoms with Crippen LogP contribution in [0.15, 0.2) is 62.1 Å². The Kier molecular flexibility index (Phi) is 9.23. The number of unbranched alkanes of at least 4 members (excludes halogenated alkanes) is 1. The number of allylic oxidation sites excluding steroid dienone is 2. The van der Waals surface area contributed by atoms with Crippen LogP contribution in [0.25, 0.3) is 5.57 Å². The van der Waals surface area contributed by atoms with Gasteiger partial charge in [0.15, 0.2) is 0 Å². The maximum atomic E-state index is 4.28. The van der Waals surface area contributed by atoms with Gasteiger partial charge >= 0.3 is 0 Å². The Bertz CT molecular complexity index is 614. The van der Waals surface area contributed by atoms with Crippen LogP contribution in [-0.4, -0.2) is 13.6 Å². The summed E-state index contributed by atoms with van der Waals surface area (Å²) in [6.07, 6.45) is 6.83. The van der Waals surface area contributed by atoms with Gasteiger partial charge in [0.2, 0.25) is 0 Å². The van der Waals surface area contributed by atoms with Crippen molar-refractivity contribution < 1.29 is 0 Å². The average molecular weight is 340 g/mol. The highest BCUT2D eigenvalue weighted by Crippen LogP contribution is 2.28. The fourth-order valence-electron chi connectivity index (χ4n) is 2.65. The quantitative estimate of drug-likeness (QED) is 0.432. The summed E-state index contributed by atoms with van der Waals surface area (Å²) < 4.78 is 0. The summed E-state index contributed by atoms with van der Waals surface area (Å²) in [5, 5.41) is 9.54. The van der Waals surface area contributed by atoms with Crippen molar-refractivity contribution in [3.63, 3.8) is 0 Å². The largest absolute Gasteiger partial charge is 0.388 e. The van der Waals surface area contributed by atoms with Crippen LogP contribution in [0.5, 0.6) is 0 Å². The molecular weight excluding hydrogens is 306 g/mol. The Hall–Kier alpha value is -2.42. The maximum Gasteiger partial charge on any atom is 0.0541 e. The van der Waals surface area contributed by atoms with Gasteiger partial charge in [-0.3, -0.25) is 0 Å². The molecule has 0 aromatic heterocycles. The lowest BCUT2D eigenvalue weighted by atomic mass is 9.97. The molecule has 1 aromatic carbocycles. The first-order chi connectivity index (χ1) is 12.0. The lowest BCUT2D eigenvalue weighted by Gasteiger charge is -2.14. The van der Waals surface area contributed by atoms with Crippen molar-refractivity contribution in [3.05, 3.63) is 73.2 Å². The average Bonchev–Trinajstić information content (AvgIpc) is 2.63. The number of benzene rings is 1. The van der Waals surface area contributed by atoms with Crippen molar-refractivity contribution in [2.75, 3.05) is 18.9 Å². The fraction of sp³-hybridized carbons (Fsp3) is 0.364. The second-order valence-electron chi connectivity index (χ2n) is 6.20. The predicted molar refractivity (Wildman–Crippen MR) is 112 cm³/mol.